The molecule has 5 nitrogen and oxygen atoms in total. The van der Waals surface area contributed by atoms with Crippen LogP contribution in [0.3, 0.4) is 0 Å². The van der Waals surface area contributed by atoms with Crippen molar-refractivity contribution in [2.45, 2.75) is 83.0 Å². The number of carbonyl (C=O) groups excluding carboxylic acids is 1. The predicted octanol–water partition coefficient (Wildman–Crippen LogP) is 3.13. The Bertz CT molecular complexity index is 446. The predicted molar refractivity (Wildman–Crippen MR) is 103 cm³/mol. The van der Waals surface area contributed by atoms with Crippen LogP contribution in [0.2, 0.25) is 0 Å². The lowest BCUT2D eigenvalue weighted by atomic mass is 9.89. The first-order chi connectivity index (χ1) is 12.5. The Morgan fingerprint density at radius 3 is 2.65 bits per heavy atom. The van der Waals surface area contributed by atoms with Crippen molar-refractivity contribution < 1.29 is 24.9 Å². The van der Waals surface area contributed by atoms with Crippen LogP contribution in [-0.4, -0.2) is 46.7 Å². The number of allylic oxidation sites excluding steroid dienone is 2. The summed E-state index contributed by atoms with van der Waals surface area (Å²) >= 11 is 0. The summed E-state index contributed by atoms with van der Waals surface area (Å²) in [4.78, 5) is 11.1. The van der Waals surface area contributed by atoms with Gasteiger partial charge in [0.1, 0.15) is 0 Å². The van der Waals surface area contributed by atoms with Crippen molar-refractivity contribution in [1.82, 2.24) is 0 Å². The van der Waals surface area contributed by atoms with E-state index in [4.69, 9.17) is 0 Å². The Labute approximate surface area is 157 Å². The van der Waals surface area contributed by atoms with Crippen molar-refractivity contribution in [3.63, 3.8) is 0 Å². The smallest absolute Gasteiger partial charge is 0.305 e. The summed E-state index contributed by atoms with van der Waals surface area (Å²) in [6.45, 7) is 2.13. The summed E-state index contributed by atoms with van der Waals surface area (Å²) in [7, 11) is 1.39. The zero-order chi connectivity index (χ0) is 19.4. The van der Waals surface area contributed by atoms with Crippen molar-refractivity contribution in [3.8, 4) is 0 Å². The summed E-state index contributed by atoms with van der Waals surface area (Å²) in [6.07, 6.45) is 13.1. The quantitative estimate of drug-likeness (QED) is 0.280. The van der Waals surface area contributed by atoms with Gasteiger partial charge in [-0.05, 0) is 31.6 Å². The van der Waals surface area contributed by atoms with Crippen LogP contribution < -0.4 is 0 Å². The second-order valence-electron chi connectivity index (χ2n) is 7.24. The molecule has 0 spiro atoms. The van der Waals surface area contributed by atoms with Crippen LogP contribution >= 0.6 is 0 Å². The molecule has 1 fully saturated rings. The average molecular weight is 369 g/mol. The standard InChI is InChI=1S/C21H36O5/c1-3-4-7-10-16(22)13-14-18-17(19(23)15-20(18)24)11-8-5-6-9-12-21(25)26-2/h5,8,13-14,16-20,22-24H,3-4,6-7,9-12,15H2,1-2H3/b8-5-,14-13+/t16-,17-,18+,19+,20-/m1/s1. The second kappa shape index (κ2) is 13.1. The van der Waals surface area contributed by atoms with Crippen molar-refractivity contribution in [1.29, 1.82) is 0 Å². The molecule has 0 heterocycles. The van der Waals surface area contributed by atoms with E-state index in [1.54, 1.807) is 6.08 Å². The second-order valence-corrected chi connectivity index (χ2v) is 7.24. The number of methoxy groups -OCH3 is 1. The summed E-state index contributed by atoms with van der Waals surface area (Å²) in [6, 6.07) is 0. The molecule has 0 unspecified atom stereocenters. The number of ether oxygens (including phenoxy) is 1. The number of esters is 1. The van der Waals surface area contributed by atoms with Crippen molar-refractivity contribution in [2.75, 3.05) is 7.11 Å². The van der Waals surface area contributed by atoms with Crippen LogP contribution in [0.25, 0.3) is 0 Å². The molecule has 5 heteroatoms. The van der Waals surface area contributed by atoms with Crippen molar-refractivity contribution in [2.24, 2.45) is 11.8 Å². The van der Waals surface area contributed by atoms with Gasteiger partial charge in [0.25, 0.3) is 0 Å². The van der Waals surface area contributed by atoms with E-state index in [0.717, 1.165) is 38.5 Å². The molecule has 0 aromatic rings. The molecule has 1 rings (SSSR count). The monoisotopic (exact) mass is 368 g/mol. The van der Waals surface area contributed by atoms with Crippen LogP contribution in [0.4, 0.5) is 0 Å². The number of rotatable bonds is 12. The van der Waals surface area contributed by atoms with Gasteiger partial charge in [0.2, 0.25) is 0 Å². The molecular formula is C21H36O5. The summed E-state index contributed by atoms with van der Waals surface area (Å²) in [5, 5.41) is 30.5. The van der Waals surface area contributed by atoms with Gasteiger partial charge in [-0.2, -0.15) is 0 Å². The lowest BCUT2D eigenvalue weighted by Crippen LogP contribution is -2.20. The molecule has 150 valence electrons. The minimum Gasteiger partial charge on any atom is -0.469 e. The molecule has 1 saturated carbocycles. The SMILES string of the molecule is CCCCC[C@@H](O)/C=C/[C@H]1[C@@H](C/C=C\CCCC(=O)OC)[C@@H](O)C[C@H]1O. The topological polar surface area (TPSA) is 87.0 Å². The van der Waals surface area contributed by atoms with Gasteiger partial charge in [0.15, 0.2) is 0 Å². The number of aliphatic hydroxyl groups is 3. The highest BCUT2D eigenvalue weighted by molar-refractivity contribution is 5.69. The van der Waals surface area contributed by atoms with Gasteiger partial charge in [-0.1, -0.05) is 50.5 Å². The van der Waals surface area contributed by atoms with Gasteiger partial charge < -0.3 is 20.1 Å². The number of carbonyl (C=O) groups is 1. The van der Waals surface area contributed by atoms with E-state index in [9.17, 15) is 20.1 Å². The van der Waals surface area contributed by atoms with Gasteiger partial charge in [-0.3, -0.25) is 4.79 Å². The van der Waals surface area contributed by atoms with E-state index in [1.807, 2.05) is 18.2 Å². The summed E-state index contributed by atoms with van der Waals surface area (Å²) in [5.41, 5.74) is 0. The van der Waals surface area contributed by atoms with Gasteiger partial charge in [0, 0.05) is 18.8 Å². The number of aliphatic hydroxyl groups excluding tert-OH is 3. The van der Waals surface area contributed by atoms with E-state index >= 15 is 0 Å². The summed E-state index contributed by atoms with van der Waals surface area (Å²) in [5.74, 6) is -0.373. The van der Waals surface area contributed by atoms with Crippen LogP contribution in [0.5, 0.6) is 0 Å². The third kappa shape index (κ3) is 8.47. The number of hydrogen-bond donors (Lipinski definition) is 3. The fourth-order valence-corrected chi connectivity index (χ4v) is 3.50. The molecule has 0 bridgehead atoms. The van der Waals surface area contributed by atoms with Crippen molar-refractivity contribution in [3.05, 3.63) is 24.3 Å². The van der Waals surface area contributed by atoms with E-state index in [1.165, 1.54) is 7.11 Å². The Hall–Kier alpha value is -1.17. The molecule has 0 amide bonds. The first-order valence-corrected chi connectivity index (χ1v) is 9.93. The zero-order valence-electron chi connectivity index (χ0n) is 16.2. The van der Waals surface area contributed by atoms with E-state index in [2.05, 4.69) is 11.7 Å². The maximum atomic E-state index is 11.1. The Balaban J connectivity index is 2.44. The Morgan fingerprint density at radius 2 is 1.96 bits per heavy atom. The highest BCUT2D eigenvalue weighted by Crippen LogP contribution is 2.36. The Kier molecular flexibility index (Phi) is 11.5. The molecule has 0 radical (unpaired) electrons. The van der Waals surface area contributed by atoms with Gasteiger partial charge in [-0.15, -0.1) is 0 Å². The third-order valence-electron chi connectivity index (χ3n) is 5.13. The molecule has 5 atom stereocenters. The maximum absolute atomic E-state index is 11.1. The normalized spacial score (nSPS) is 27.4. The minimum atomic E-state index is -0.568. The van der Waals surface area contributed by atoms with Gasteiger partial charge in [0.05, 0.1) is 25.4 Å². The van der Waals surface area contributed by atoms with E-state index in [0.29, 0.717) is 19.3 Å². The number of hydrogen-bond acceptors (Lipinski definition) is 5. The first-order valence-electron chi connectivity index (χ1n) is 9.93. The fourth-order valence-electron chi connectivity index (χ4n) is 3.50. The molecule has 1 aliphatic carbocycles. The fraction of sp³-hybridized carbons (Fsp3) is 0.762. The zero-order valence-corrected chi connectivity index (χ0v) is 16.2. The minimum absolute atomic E-state index is 0.0408. The lowest BCUT2D eigenvalue weighted by molar-refractivity contribution is -0.140. The third-order valence-corrected chi connectivity index (χ3v) is 5.13. The molecule has 0 aliphatic heterocycles. The van der Waals surface area contributed by atoms with Crippen LogP contribution in [0.15, 0.2) is 24.3 Å². The van der Waals surface area contributed by atoms with E-state index < -0.39 is 18.3 Å². The molecule has 0 aromatic carbocycles. The van der Waals surface area contributed by atoms with Crippen LogP contribution in [0, 0.1) is 11.8 Å². The molecule has 0 saturated heterocycles. The maximum Gasteiger partial charge on any atom is 0.305 e. The molecule has 0 aromatic heterocycles. The summed E-state index contributed by atoms with van der Waals surface area (Å²) < 4.78 is 4.60. The number of unbranched alkanes of at least 4 members (excludes halogenated alkanes) is 3. The highest BCUT2D eigenvalue weighted by atomic mass is 16.5. The van der Waals surface area contributed by atoms with E-state index in [-0.39, 0.29) is 17.8 Å². The highest BCUT2D eigenvalue weighted by Gasteiger charge is 2.39. The van der Waals surface area contributed by atoms with Crippen molar-refractivity contribution >= 4 is 5.97 Å². The molecular weight excluding hydrogens is 332 g/mol. The average Bonchev–Trinajstić information content (AvgIpc) is 2.89. The molecule has 26 heavy (non-hydrogen) atoms. The van der Waals surface area contributed by atoms with Crippen LogP contribution in [0.1, 0.15) is 64.7 Å². The molecule has 1 aliphatic rings. The van der Waals surface area contributed by atoms with Gasteiger partial charge in [-0.25, -0.2) is 0 Å². The van der Waals surface area contributed by atoms with Crippen LogP contribution in [-0.2, 0) is 9.53 Å². The Morgan fingerprint density at radius 1 is 1.19 bits per heavy atom. The lowest BCUT2D eigenvalue weighted by Gasteiger charge is -2.19. The largest absolute Gasteiger partial charge is 0.469 e. The molecule has 3 N–H and O–H groups in total. The first kappa shape index (κ1) is 22.9. The van der Waals surface area contributed by atoms with Gasteiger partial charge >= 0.3 is 5.97 Å².